The summed E-state index contributed by atoms with van der Waals surface area (Å²) in [5.74, 6) is -0.644. The second kappa shape index (κ2) is 5.59. The number of amides is 1. The van der Waals surface area contributed by atoms with E-state index < -0.39 is 17.7 Å². The molecule has 0 heterocycles. The number of hydrogen-bond donors (Lipinski definition) is 1. The molecule has 1 rings (SSSR count). The molecule has 0 saturated heterocycles. The first-order valence-corrected chi connectivity index (χ1v) is 6.25. The highest BCUT2D eigenvalue weighted by molar-refractivity contribution is 5.68. The Bertz CT molecular complexity index is 340. The second-order valence-corrected chi connectivity index (χ2v) is 5.79. The average Bonchev–Trinajstić information content (AvgIpc) is 2.20. The van der Waals surface area contributed by atoms with Crippen LogP contribution >= 0.6 is 0 Å². The summed E-state index contributed by atoms with van der Waals surface area (Å²) in [6.45, 7) is 5.36. The van der Waals surface area contributed by atoms with Crippen molar-refractivity contribution in [2.24, 2.45) is 5.92 Å². The van der Waals surface area contributed by atoms with E-state index in [-0.39, 0.29) is 25.4 Å². The summed E-state index contributed by atoms with van der Waals surface area (Å²) in [6.07, 6.45) is 1.92. The van der Waals surface area contributed by atoms with E-state index in [1.807, 2.05) is 0 Å². The summed E-state index contributed by atoms with van der Waals surface area (Å²) in [4.78, 5) is 23.9. The van der Waals surface area contributed by atoms with Gasteiger partial charge < -0.3 is 14.7 Å². The van der Waals surface area contributed by atoms with Crippen LogP contribution in [0, 0.1) is 5.92 Å². The van der Waals surface area contributed by atoms with Crippen molar-refractivity contribution in [3.63, 3.8) is 0 Å². The molecule has 0 radical (unpaired) electrons. The normalized spacial score (nSPS) is 23.8. The molecular weight excluding hydrogens is 234 g/mol. The Balaban J connectivity index is 2.55. The van der Waals surface area contributed by atoms with Crippen molar-refractivity contribution in [3.05, 3.63) is 0 Å². The topological polar surface area (TPSA) is 66.8 Å². The first-order valence-electron chi connectivity index (χ1n) is 6.96. The molecule has 0 aromatic carbocycles. The molecule has 0 aromatic rings. The molecule has 1 aliphatic rings. The molecule has 5 heteroatoms. The molecule has 5 nitrogen and oxygen atoms in total. The predicted molar refractivity (Wildman–Crippen MR) is 67.4 cm³/mol. The van der Waals surface area contributed by atoms with Crippen LogP contribution in [0.1, 0.15) is 47.8 Å². The van der Waals surface area contributed by atoms with Crippen LogP contribution in [0.25, 0.3) is 0 Å². The van der Waals surface area contributed by atoms with E-state index in [9.17, 15) is 9.59 Å². The van der Waals surface area contributed by atoms with Crippen LogP contribution < -0.4 is 0 Å². The van der Waals surface area contributed by atoms with E-state index in [0.29, 0.717) is 6.42 Å². The Hall–Kier alpha value is -1.26. The van der Waals surface area contributed by atoms with Crippen LogP contribution in [0.2, 0.25) is 0 Å². The molecule has 104 valence electrons. The number of carbonyl (C=O) groups is 2. The van der Waals surface area contributed by atoms with Gasteiger partial charge in [-0.05, 0) is 46.0 Å². The summed E-state index contributed by atoms with van der Waals surface area (Å²) >= 11 is 0. The van der Waals surface area contributed by atoms with Crippen molar-refractivity contribution in [2.75, 3.05) is 7.02 Å². The lowest BCUT2D eigenvalue weighted by Crippen LogP contribution is -2.49. The van der Waals surface area contributed by atoms with E-state index in [4.69, 9.17) is 11.2 Å². The molecule has 1 saturated carbocycles. The highest BCUT2D eigenvalue weighted by Crippen LogP contribution is 2.35. The molecule has 0 aromatic heterocycles. The Morgan fingerprint density at radius 1 is 1.44 bits per heavy atom. The Kier molecular flexibility index (Phi) is 4.09. The number of ether oxygens (including phenoxy) is 1. The van der Waals surface area contributed by atoms with Gasteiger partial charge in [-0.15, -0.1) is 0 Å². The third-order valence-corrected chi connectivity index (χ3v) is 3.13. The van der Waals surface area contributed by atoms with E-state index >= 15 is 0 Å². The fourth-order valence-corrected chi connectivity index (χ4v) is 2.06. The minimum Gasteiger partial charge on any atom is -0.481 e. The van der Waals surface area contributed by atoms with Gasteiger partial charge in [0.2, 0.25) is 0 Å². The van der Waals surface area contributed by atoms with Crippen molar-refractivity contribution < 1.29 is 20.8 Å². The summed E-state index contributed by atoms with van der Waals surface area (Å²) in [7, 11) is -0.150. The van der Waals surface area contributed by atoms with Gasteiger partial charge in [-0.25, -0.2) is 4.79 Å². The fraction of sp³-hybridized carbons (Fsp3) is 0.846. The predicted octanol–water partition coefficient (Wildman–Crippen LogP) is 2.50. The maximum Gasteiger partial charge on any atom is 0.410 e. The standard InChI is InChI=1S/C13H23NO4/c1-13(2,3)18-12(17)14(4)10-7-5-9(10)6-8-11(15)16/h9-10H,5-8H2,1-4H3,(H,15,16)/t9-,10-/m0/s1/i4D. The van der Waals surface area contributed by atoms with Crippen molar-refractivity contribution >= 4 is 12.1 Å². The van der Waals surface area contributed by atoms with Crippen LogP contribution in [0.15, 0.2) is 0 Å². The monoisotopic (exact) mass is 258 g/mol. The average molecular weight is 258 g/mol. The number of rotatable bonds is 4. The maximum atomic E-state index is 12.0. The lowest BCUT2D eigenvalue weighted by atomic mass is 9.76. The number of carbonyl (C=O) groups excluding carboxylic acids is 1. The van der Waals surface area contributed by atoms with E-state index in [0.717, 1.165) is 12.8 Å². The molecule has 0 spiro atoms. The Morgan fingerprint density at radius 2 is 2.11 bits per heavy atom. The molecule has 1 N–H and O–H groups in total. The van der Waals surface area contributed by atoms with Crippen molar-refractivity contribution in [1.82, 2.24) is 4.90 Å². The highest BCUT2D eigenvalue weighted by Gasteiger charge is 2.37. The SMILES string of the molecule is [2H]CN(C(=O)OC(C)(C)C)[C@H]1CC[C@H]1CCC(=O)O. The van der Waals surface area contributed by atoms with Gasteiger partial charge in [-0.3, -0.25) is 4.79 Å². The Morgan fingerprint density at radius 3 is 2.50 bits per heavy atom. The zero-order chi connectivity index (χ0) is 14.6. The number of nitrogens with zero attached hydrogens (tertiary/aromatic N) is 1. The highest BCUT2D eigenvalue weighted by atomic mass is 16.6. The summed E-state index contributed by atoms with van der Waals surface area (Å²) < 4.78 is 12.8. The molecule has 0 unspecified atom stereocenters. The molecule has 1 aliphatic carbocycles. The number of carboxylic acids is 1. The fourth-order valence-electron chi connectivity index (χ4n) is 2.06. The summed E-state index contributed by atoms with van der Waals surface area (Å²) in [5.41, 5.74) is -0.579. The van der Waals surface area contributed by atoms with Crippen molar-refractivity contribution in [3.8, 4) is 0 Å². The van der Waals surface area contributed by atoms with Gasteiger partial charge >= 0.3 is 12.1 Å². The third-order valence-electron chi connectivity index (χ3n) is 3.13. The van der Waals surface area contributed by atoms with Gasteiger partial charge in [0.15, 0.2) is 0 Å². The van der Waals surface area contributed by atoms with Gasteiger partial charge in [0.1, 0.15) is 5.60 Å². The molecule has 0 bridgehead atoms. The zero-order valence-corrected chi connectivity index (χ0v) is 11.3. The zero-order valence-electron chi connectivity index (χ0n) is 12.3. The number of hydrogen-bond acceptors (Lipinski definition) is 3. The van der Waals surface area contributed by atoms with Gasteiger partial charge in [0.25, 0.3) is 0 Å². The molecule has 1 fully saturated rings. The minimum absolute atomic E-state index is 0.0494. The molecular formula is C13H23NO4. The lowest BCUT2D eigenvalue weighted by molar-refractivity contribution is -0.137. The van der Waals surface area contributed by atoms with Gasteiger partial charge in [0, 0.05) is 20.9 Å². The van der Waals surface area contributed by atoms with Crippen molar-refractivity contribution in [2.45, 2.75) is 58.1 Å². The van der Waals surface area contributed by atoms with Gasteiger partial charge in [0.05, 0.1) is 0 Å². The van der Waals surface area contributed by atoms with Crippen LogP contribution in [0.4, 0.5) is 4.79 Å². The maximum absolute atomic E-state index is 12.0. The Labute approximate surface area is 110 Å². The van der Waals surface area contributed by atoms with E-state index in [1.165, 1.54) is 4.90 Å². The van der Waals surface area contributed by atoms with Gasteiger partial charge in [-0.1, -0.05) is 0 Å². The lowest BCUT2D eigenvalue weighted by Gasteiger charge is -2.42. The second-order valence-electron chi connectivity index (χ2n) is 5.79. The number of carboxylic acid groups (broad SMARTS) is 1. The van der Waals surface area contributed by atoms with Gasteiger partial charge in [-0.2, -0.15) is 0 Å². The summed E-state index contributed by atoms with van der Waals surface area (Å²) in [5, 5.41) is 8.68. The molecule has 0 aliphatic heterocycles. The first-order chi connectivity index (χ1) is 8.74. The van der Waals surface area contributed by atoms with E-state index in [1.54, 1.807) is 20.8 Å². The van der Waals surface area contributed by atoms with Crippen LogP contribution in [-0.2, 0) is 9.53 Å². The summed E-state index contributed by atoms with van der Waals surface area (Å²) in [6, 6.07) is -0.0494. The molecule has 18 heavy (non-hydrogen) atoms. The molecule has 2 atom stereocenters. The van der Waals surface area contributed by atoms with Crippen LogP contribution in [-0.4, -0.2) is 40.7 Å². The third kappa shape index (κ3) is 4.20. The molecule has 1 amide bonds. The quantitative estimate of drug-likeness (QED) is 0.841. The first kappa shape index (κ1) is 13.2. The van der Waals surface area contributed by atoms with Crippen LogP contribution in [0.3, 0.4) is 0 Å². The smallest absolute Gasteiger partial charge is 0.410 e. The van der Waals surface area contributed by atoms with Crippen molar-refractivity contribution in [1.29, 1.82) is 0 Å². The minimum atomic E-state index is -0.819. The van der Waals surface area contributed by atoms with E-state index in [2.05, 4.69) is 0 Å². The van der Waals surface area contributed by atoms with Crippen LogP contribution in [0.5, 0.6) is 0 Å². The number of aliphatic carboxylic acids is 1. The largest absolute Gasteiger partial charge is 0.481 e.